The summed E-state index contributed by atoms with van der Waals surface area (Å²) in [5.41, 5.74) is 1.85. The van der Waals surface area contributed by atoms with Gasteiger partial charge in [0, 0.05) is 37.3 Å². The Morgan fingerprint density at radius 3 is 2.51 bits per heavy atom. The van der Waals surface area contributed by atoms with Crippen LogP contribution in [0.15, 0.2) is 62.8 Å². The van der Waals surface area contributed by atoms with Crippen molar-refractivity contribution >= 4 is 20.0 Å². The largest absolute Gasteiger partial charge is 0.491 e. The van der Waals surface area contributed by atoms with Crippen LogP contribution in [0.4, 0.5) is 0 Å². The van der Waals surface area contributed by atoms with E-state index in [-0.39, 0.29) is 29.0 Å². The quantitative estimate of drug-likeness (QED) is 0.285. The van der Waals surface area contributed by atoms with E-state index in [1.165, 1.54) is 23.5 Å². The minimum Gasteiger partial charge on any atom is -0.491 e. The SMILES string of the molecule is CNS(=O)(=O)c1cccc(OCC(O)CNC2COC3(CCN(S(=O)(=O)c4cccc(-c5c(C)noc5C)c4)CC3)C2)c1. The Hall–Kier alpha value is -2.85. The zero-order valence-electron chi connectivity index (χ0n) is 24.4. The minimum atomic E-state index is -3.70. The van der Waals surface area contributed by atoms with E-state index in [9.17, 15) is 21.9 Å². The molecule has 12 nitrogen and oxygen atoms in total. The molecule has 2 unspecified atom stereocenters. The number of hydrogen-bond donors (Lipinski definition) is 3. The highest BCUT2D eigenvalue weighted by atomic mass is 32.2. The molecule has 1 aromatic heterocycles. The smallest absolute Gasteiger partial charge is 0.243 e. The van der Waals surface area contributed by atoms with Gasteiger partial charge in [0.2, 0.25) is 20.0 Å². The predicted octanol–water partition coefficient (Wildman–Crippen LogP) is 2.21. The molecule has 0 radical (unpaired) electrons. The van der Waals surface area contributed by atoms with Crippen LogP contribution in [0.3, 0.4) is 0 Å². The van der Waals surface area contributed by atoms with Gasteiger partial charge in [-0.3, -0.25) is 0 Å². The Morgan fingerprint density at radius 2 is 1.81 bits per heavy atom. The molecule has 3 N–H and O–H groups in total. The zero-order valence-corrected chi connectivity index (χ0v) is 26.1. The molecule has 14 heteroatoms. The van der Waals surface area contributed by atoms with Crippen LogP contribution in [0.5, 0.6) is 5.75 Å². The van der Waals surface area contributed by atoms with Crippen molar-refractivity contribution in [1.29, 1.82) is 0 Å². The molecule has 2 saturated heterocycles. The van der Waals surface area contributed by atoms with Gasteiger partial charge >= 0.3 is 0 Å². The number of sulfonamides is 2. The second-order valence-electron chi connectivity index (χ2n) is 11.1. The molecule has 43 heavy (non-hydrogen) atoms. The molecule has 0 bridgehead atoms. The van der Waals surface area contributed by atoms with Gasteiger partial charge in [0.25, 0.3) is 0 Å². The van der Waals surface area contributed by atoms with Crippen LogP contribution in [-0.2, 0) is 24.8 Å². The van der Waals surface area contributed by atoms with E-state index in [4.69, 9.17) is 14.0 Å². The molecule has 3 aromatic rings. The fourth-order valence-electron chi connectivity index (χ4n) is 5.72. The summed E-state index contributed by atoms with van der Waals surface area (Å²) in [6, 6.07) is 13.0. The molecule has 5 rings (SSSR count). The number of rotatable bonds is 11. The summed E-state index contributed by atoms with van der Waals surface area (Å²) in [6.45, 7) is 5.05. The molecule has 0 amide bonds. The molecule has 234 valence electrons. The zero-order chi connectivity index (χ0) is 30.8. The highest BCUT2D eigenvalue weighted by Gasteiger charge is 2.44. The van der Waals surface area contributed by atoms with Crippen LogP contribution in [0.25, 0.3) is 11.1 Å². The third-order valence-corrected chi connectivity index (χ3v) is 11.4. The molecule has 3 heterocycles. The highest BCUT2D eigenvalue weighted by Crippen LogP contribution is 2.38. The fourth-order valence-corrected chi connectivity index (χ4v) is 7.97. The summed E-state index contributed by atoms with van der Waals surface area (Å²) in [7, 11) is -5.95. The van der Waals surface area contributed by atoms with Crippen LogP contribution < -0.4 is 14.8 Å². The summed E-state index contributed by atoms with van der Waals surface area (Å²) in [5, 5.41) is 17.8. The van der Waals surface area contributed by atoms with Gasteiger partial charge in [-0.15, -0.1) is 0 Å². The fraction of sp³-hybridized carbons (Fsp3) is 0.483. The van der Waals surface area contributed by atoms with Gasteiger partial charge < -0.3 is 24.4 Å². The van der Waals surface area contributed by atoms with Gasteiger partial charge in [0.05, 0.1) is 27.7 Å². The van der Waals surface area contributed by atoms with Crippen LogP contribution in [0.1, 0.15) is 30.7 Å². The van der Waals surface area contributed by atoms with Gasteiger partial charge in [-0.1, -0.05) is 23.4 Å². The van der Waals surface area contributed by atoms with E-state index < -0.39 is 31.8 Å². The number of aromatic nitrogens is 1. The maximum Gasteiger partial charge on any atom is 0.243 e. The monoisotopic (exact) mass is 634 g/mol. The van der Waals surface area contributed by atoms with E-state index in [0.29, 0.717) is 56.2 Å². The van der Waals surface area contributed by atoms with Gasteiger partial charge in [0.1, 0.15) is 24.2 Å². The van der Waals surface area contributed by atoms with Crippen LogP contribution in [0, 0.1) is 13.8 Å². The maximum absolute atomic E-state index is 13.5. The first-order valence-corrected chi connectivity index (χ1v) is 17.1. The second kappa shape index (κ2) is 12.6. The summed E-state index contributed by atoms with van der Waals surface area (Å²) in [6.07, 6.45) is 1.03. The molecular weight excluding hydrogens is 596 g/mol. The number of hydrogen-bond acceptors (Lipinski definition) is 10. The number of benzene rings is 2. The average molecular weight is 635 g/mol. The van der Waals surface area contributed by atoms with Crippen LogP contribution in [0.2, 0.25) is 0 Å². The van der Waals surface area contributed by atoms with E-state index in [1.807, 2.05) is 13.0 Å². The molecule has 2 aliphatic rings. The molecule has 1 spiro atoms. The Balaban J connectivity index is 1.11. The normalized spacial score (nSPS) is 20.0. The number of aliphatic hydroxyl groups is 1. The van der Waals surface area contributed by atoms with E-state index >= 15 is 0 Å². The Morgan fingerprint density at radius 1 is 1.09 bits per heavy atom. The van der Waals surface area contributed by atoms with Crippen molar-refractivity contribution in [2.75, 3.05) is 39.9 Å². The number of nitrogens with zero attached hydrogens (tertiary/aromatic N) is 2. The lowest BCUT2D eigenvalue weighted by atomic mass is 9.88. The van der Waals surface area contributed by atoms with Crippen molar-refractivity contribution in [2.24, 2.45) is 0 Å². The van der Waals surface area contributed by atoms with Crippen molar-refractivity contribution in [1.82, 2.24) is 19.5 Å². The van der Waals surface area contributed by atoms with Gasteiger partial charge in [-0.2, -0.15) is 4.31 Å². The van der Waals surface area contributed by atoms with Crippen molar-refractivity contribution in [3.05, 3.63) is 60.0 Å². The summed E-state index contributed by atoms with van der Waals surface area (Å²) in [4.78, 5) is 0.317. The highest BCUT2D eigenvalue weighted by molar-refractivity contribution is 7.89. The average Bonchev–Trinajstić information content (AvgIpc) is 3.56. The van der Waals surface area contributed by atoms with Gasteiger partial charge in [-0.25, -0.2) is 21.6 Å². The standard InChI is InChI=1S/C29H38N4O8S2/c1-20-28(21(2)41-32-20)22-6-4-9-27(14-22)43(37,38)33-12-10-29(11-13-33)16-23(18-40-29)31-17-24(34)19-39-25-7-5-8-26(15-25)42(35,36)30-3/h4-9,14-15,23-24,30-31,34H,10-13,16-19H2,1-3H3. The Kier molecular flexibility index (Phi) is 9.28. The van der Waals surface area contributed by atoms with Crippen molar-refractivity contribution in [2.45, 2.75) is 60.6 Å². The lowest BCUT2D eigenvalue weighted by molar-refractivity contribution is -0.0312. The first-order valence-electron chi connectivity index (χ1n) is 14.2. The molecule has 2 aromatic carbocycles. The van der Waals surface area contributed by atoms with Gasteiger partial charge in [0.15, 0.2) is 0 Å². The maximum atomic E-state index is 13.5. The third-order valence-electron chi connectivity index (χ3n) is 8.11. The molecular formula is C29H38N4O8S2. The Labute approximate surface area is 252 Å². The number of nitrogens with one attached hydrogen (secondary N) is 2. The molecule has 0 aliphatic carbocycles. The van der Waals surface area contributed by atoms with Crippen LogP contribution >= 0.6 is 0 Å². The topological polar surface area (TPSA) is 160 Å². The first kappa shape index (κ1) is 31.6. The molecule has 2 atom stereocenters. The van der Waals surface area contributed by atoms with Gasteiger partial charge in [-0.05, 0) is 70.0 Å². The number of aliphatic hydroxyl groups excluding tert-OH is 1. The number of aryl methyl sites for hydroxylation is 2. The van der Waals surface area contributed by atoms with Crippen molar-refractivity contribution in [3.8, 4) is 16.9 Å². The second-order valence-corrected chi connectivity index (χ2v) is 14.9. The molecule has 2 aliphatic heterocycles. The van der Waals surface area contributed by atoms with E-state index in [0.717, 1.165) is 11.1 Å². The van der Waals surface area contributed by atoms with Crippen LogP contribution in [-0.4, -0.2) is 89.0 Å². The number of piperidine rings is 1. The third kappa shape index (κ3) is 6.95. The summed E-state index contributed by atoms with van der Waals surface area (Å²) in [5.74, 6) is 0.983. The predicted molar refractivity (Wildman–Crippen MR) is 159 cm³/mol. The summed E-state index contributed by atoms with van der Waals surface area (Å²) >= 11 is 0. The van der Waals surface area contributed by atoms with E-state index in [2.05, 4.69) is 15.2 Å². The van der Waals surface area contributed by atoms with E-state index in [1.54, 1.807) is 37.3 Å². The Bertz CT molecular complexity index is 1630. The minimum absolute atomic E-state index is 0.00800. The number of ether oxygens (including phenoxy) is 2. The van der Waals surface area contributed by atoms with Crippen molar-refractivity contribution in [3.63, 3.8) is 0 Å². The molecule has 0 saturated carbocycles. The van der Waals surface area contributed by atoms with Crippen molar-refractivity contribution < 1.29 is 35.9 Å². The molecule has 2 fully saturated rings. The summed E-state index contributed by atoms with van der Waals surface area (Å²) < 4.78 is 71.9. The lowest BCUT2D eigenvalue weighted by Gasteiger charge is -2.38. The lowest BCUT2D eigenvalue weighted by Crippen LogP contribution is -2.47. The first-order chi connectivity index (χ1) is 20.4.